The number of nitrogens with zero attached hydrogens (tertiary/aromatic N) is 2. The molecule has 2 atom stereocenters. The Balaban J connectivity index is 1.37. The molecular formula is C27H28FN3O4. The van der Waals surface area contributed by atoms with Crippen molar-refractivity contribution in [2.24, 2.45) is 0 Å². The Morgan fingerprint density at radius 3 is 2.83 bits per heavy atom. The molecule has 3 aromatic rings. The number of pyridine rings is 1. The summed E-state index contributed by atoms with van der Waals surface area (Å²) in [5, 5.41) is 3.56. The summed E-state index contributed by atoms with van der Waals surface area (Å²) in [6.07, 6.45) is 2.44. The van der Waals surface area contributed by atoms with Crippen LogP contribution in [0.2, 0.25) is 0 Å². The van der Waals surface area contributed by atoms with E-state index in [4.69, 9.17) is 14.2 Å². The van der Waals surface area contributed by atoms with E-state index in [1.165, 1.54) is 19.4 Å². The Hall–Kier alpha value is -3.81. The standard InChI is InChI=1S/C27H28FN3O4/c1-3-11-31(25-10-7-18(28)14-29-25)23-6-4-5-21-22(16-35-27(21)23)30-19-8-9-20-17(12-26(32)33-2)15-34-24(20)13-19/h4-10,13-14,17,22,30H,3,11-12,15-16H2,1-2H3. The number of hydrogen-bond donors (Lipinski definition) is 1. The van der Waals surface area contributed by atoms with Crippen molar-refractivity contribution < 1.29 is 23.4 Å². The van der Waals surface area contributed by atoms with E-state index in [9.17, 15) is 9.18 Å². The van der Waals surface area contributed by atoms with Crippen molar-refractivity contribution in [2.75, 3.05) is 37.1 Å². The van der Waals surface area contributed by atoms with Crippen LogP contribution in [0.5, 0.6) is 11.5 Å². The number of carbonyl (C=O) groups is 1. The van der Waals surface area contributed by atoms with Gasteiger partial charge in [-0.1, -0.05) is 25.1 Å². The number of esters is 1. The molecule has 0 bridgehead atoms. The zero-order valence-electron chi connectivity index (χ0n) is 19.8. The first-order valence-corrected chi connectivity index (χ1v) is 11.8. The molecule has 0 aliphatic carbocycles. The van der Waals surface area contributed by atoms with Gasteiger partial charge in [-0.2, -0.15) is 0 Å². The fourth-order valence-electron chi connectivity index (χ4n) is 4.69. The number of halogens is 1. The quantitative estimate of drug-likeness (QED) is 0.438. The number of aromatic nitrogens is 1. The predicted molar refractivity (Wildman–Crippen MR) is 131 cm³/mol. The normalized spacial score (nSPS) is 17.7. The number of carbonyl (C=O) groups excluding carboxylic acids is 1. The van der Waals surface area contributed by atoms with Gasteiger partial charge < -0.3 is 24.4 Å². The molecule has 1 aromatic heterocycles. The van der Waals surface area contributed by atoms with Gasteiger partial charge in [0.1, 0.15) is 29.7 Å². The molecule has 0 fully saturated rings. The first kappa shape index (κ1) is 23.0. The van der Waals surface area contributed by atoms with E-state index in [2.05, 4.69) is 28.2 Å². The second kappa shape index (κ2) is 9.82. The summed E-state index contributed by atoms with van der Waals surface area (Å²) in [6.45, 7) is 3.77. The molecule has 2 aliphatic heterocycles. The number of para-hydroxylation sites is 1. The lowest BCUT2D eigenvalue weighted by molar-refractivity contribution is -0.141. The zero-order chi connectivity index (χ0) is 24.4. The number of rotatable bonds is 8. The molecule has 0 amide bonds. The number of benzene rings is 2. The molecule has 2 aromatic carbocycles. The van der Waals surface area contributed by atoms with E-state index in [0.717, 1.165) is 47.0 Å². The number of nitrogens with one attached hydrogen (secondary N) is 1. The highest BCUT2D eigenvalue weighted by Crippen LogP contribution is 2.44. The summed E-state index contributed by atoms with van der Waals surface area (Å²) in [5.41, 5.74) is 3.90. The van der Waals surface area contributed by atoms with Crippen LogP contribution in [-0.2, 0) is 9.53 Å². The van der Waals surface area contributed by atoms with Gasteiger partial charge in [0.15, 0.2) is 0 Å². The van der Waals surface area contributed by atoms with Crippen molar-refractivity contribution >= 4 is 23.2 Å². The lowest BCUT2D eigenvalue weighted by atomic mass is 9.97. The van der Waals surface area contributed by atoms with Crippen molar-refractivity contribution in [3.8, 4) is 11.5 Å². The fraction of sp³-hybridized carbons (Fsp3) is 0.333. The number of anilines is 3. The first-order chi connectivity index (χ1) is 17.1. The third-order valence-electron chi connectivity index (χ3n) is 6.40. The molecule has 0 saturated heterocycles. The van der Waals surface area contributed by atoms with Gasteiger partial charge in [-0.25, -0.2) is 9.37 Å². The second-order valence-electron chi connectivity index (χ2n) is 8.73. The maximum Gasteiger partial charge on any atom is 0.306 e. The maximum atomic E-state index is 13.4. The highest BCUT2D eigenvalue weighted by Gasteiger charge is 2.30. The number of ether oxygens (including phenoxy) is 3. The fourth-order valence-corrected chi connectivity index (χ4v) is 4.69. The number of fused-ring (bicyclic) bond motifs is 2. The molecule has 7 nitrogen and oxygen atoms in total. The SMILES string of the molecule is CCCN(c1ccc(F)cn1)c1cccc2c1OCC2Nc1ccc2c(c1)OCC2CC(=O)OC. The summed E-state index contributed by atoms with van der Waals surface area (Å²) >= 11 is 0. The Kier molecular flexibility index (Phi) is 6.44. The lowest BCUT2D eigenvalue weighted by Gasteiger charge is -2.25. The smallest absolute Gasteiger partial charge is 0.306 e. The van der Waals surface area contributed by atoms with Crippen LogP contribution in [0.3, 0.4) is 0 Å². The summed E-state index contributed by atoms with van der Waals surface area (Å²) < 4.78 is 30.3. The molecule has 35 heavy (non-hydrogen) atoms. The maximum absolute atomic E-state index is 13.4. The van der Waals surface area contributed by atoms with Crippen molar-refractivity contribution in [2.45, 2.75) is 31.7 Å². The average Bonchev–Trinajstić information content (AvgIpc) is 3.47. The summed E-state index contributed by atoms with van der Waals surface area (Å²) in [5.74, 6) is 1.68. The Morgan fingerprint density at radius 2 is 2.06 bits per heavy atom. The molecule has 182 valence electrons. The van der Waals surface area contributed by atoms with E-state index < -0.39 is 0 Å². The number of methoxy groups -OCH3 is 1. The summed E-state index contributed by atoms with van der Waals surface area (Å²) in [7, 11) is 1.40. The highest BCUT2D eigenvalue weighted by atomic mass is 19.1. The molecule has 2 aliphatic rings. The van der Waals surface area contributed by atoms with Crippen molar-refractivity contribution in [1.29, 1.82) is 0 Å². The van der Waals surface area contributed by atoms with Crippen LogP contribution in [-0.4, -0.2) is 37.8 Å². The predicted octanol–water partition coefficient (Wildman–Crippen LogP) is 5.35. The summed E-state index contributed by atoms with van der Waals surface area (Å²) in [4.78, 5) is 18.0. The lowest BCUT2D eigenvalue weighted by Crippen LogP contribution is -2.19. The monoisotopic (exact) mass is 477 g/mol. The van der Waals surface area contributed by atoms with Gasteiger partial charge in [0.25, 0.3) is 0 Å². The van der Waals surface area contributed by atoms with Crippen molar-refractivity contribution in [1.82, 2.24) is 4.98 Å². The van der Waals surface area contributed by atoms with Crippen LogP contribution < -0.4 is 19.7 Å². The molecule has 0 radical (unpaired) electrons. The molecule has 0 saturated carbocycles. The van der Waals surface area contributed by atoms with Crippen LogP contribution >= 0.6 is 0 Å². The van der Waals surface area contributed by atoms with Gasteiger partial charge in [-0.05, 0) is 30.7 Å². The van der Waals surface area contributed by atoms with Gasteiger partial charge in [0, 0.05) is 35.3 Å². The highest BCUT2D eigenvalue weighted by molar-refractivity contribution is 5.72. The van der Waals surface area contributed by atoms with Gasteiger partial charge in [-0.3, -0.25) is 4.79 Å². The molecule has 3 heterocycles. The van der Waals surface area contributed by atoms with Gasteiger partial charge in [-0.15, -0.1) is 0 Å². The molecule has 1 N–H and O–H groups in total. The Morgan fingerprint density at radius 1 is 1.17 bits per heavy atom. The first-order valence-electron chi connectivity index (χ1n) is 11.8. The third-order valence-corrected chi connectivity index (χ3v) is 6.40. The van der Waals surface area contributed by atoms with E-state index in [0.29, 0.717) is 25.5 Å². The zero-order valence-corrected chi connectivity index (χ0v) is 19.8. The van der Waals surface area contributed by atoms with E-state index in [1.807, 2.05) is 30.3 Å². The topological polar surface area (TPSA) is 72.9 Å². The van der Waals surface area contributed by atoms with Crippen molar-refractivity contribution in [3.63, 3.8) is 0 Å². The minimum absolute atomic E-state index is 0.00853. The van der Waals surface area contributed by atoms with Gasteiger partial charge >= 0.3 is 5.97 Å². The van der Waals surface area contributed by atoms with Crippen LogP contribution in [0.15, 0.2) is 54.7 Å². The van der Waals surface area contributed by atoms with Crippen LogP contribution in [0.4, 0.5) is 21.6 Å². The van der Waals surface area contributed by atoms with Gasteiger partial charge in [0.05, 0.1) is 38.1 Å². The van der Waals surface area contributed by atoms with E-state index in [-0.39, 0.29) is 23.7 Å². The molecular weight excluding hydrogens is 449 g/mol. The average molecular weight is 478 g/mol. The van der Waals surface area contributed by atoms with E-state index >= 15 is 0 Å². The number of hydrogen-bond acceptors (Lipinski definition) is 7. The minimum atomic E-state index is -0.362. The van der Waals surface area contributed by atoms with Gasteiger partial charge in [0.2, 0.25) is 0 Å². The Labute approximate surface area is 203 Å². The third kappa shape index (κ3) is 4.60. The minimum Gasteiger partial charge on any atom is -0.493 e. The van der Waals surface area contributed by atoms with E-state index in [1.54, 1.807) is 6.07 Å². The van der Waals surface area contributed by atoms with Crippen LogP contribution in [0.1, 0.15) is 42.9 Å². The largest absolute Gasteiger partial charge is 0.493 e. The van der Waals surface area contributed by atoms with Crippen LogP contribution in [0.25, 0.3) is 0 Å². The molecule has 8 heteroatoms. The second-order valence-corrected chi connectivity index (χ2v) is 8.73. The molecule has 0 spiro atoms. The van der Waals surface area contributed by atoms with Crippen molar-refractivity contribution in [3.05, 3.63) is 71.7 Å². The molecule has 5 rings (SSSR count). The molecule has 2 unspecified atom stereocenters. The van der Waals surface area contributed by atoms with Crippen LogP contribution in [0, 0.1) is 5.82 Å². The Bertz CT molecular complexity index is 1220. The summed E-state index contributed by atoms with van der Waals surface area (Å²) in [6, 6.07) is 15.1.